The zero-order chi connectivity index (χ0) is 22.9. The summed E-state index contributed by atoms with van der Waals surface area (Å²) in [6.07, 6.45) is 2.06. The molecule has 1 aliphatic rings. The van der Waals surface area contributed by atoms with Crippen molar-refractivity contribution in [1.82, 2.24) is 24.6 Å². The third-order valence-corrected chi connectivity index (χ3v) is 6.22. The van der Waals surface area contributed by atoms with Crippen LogP contribution >= 0.6 is 11.3 Å². The molecule has 166 valence electrons. The first-order chi connectivity index (χ1) is 16.0. The Morgan fingerprint density at radius 3 is 2.88 bits per heavy atom. The van der Waals surface area contributed by atoms with Crippen LogP contribution in [0.1, 0.15) is 10.6 Å². The highest BCUT2D eigenvalue weighted by Crippen LogP contribution is 2.41. The maximum atomic E-state index is 14.4. The van der Waals surface area contributed by atoms with Gasteiger partial charge in [0.05, 0.1) is 18.0 Å². The summed E-state index contributed by atoms with van der Waals surface area (Å²) < 4.78 is 35.1. The number of rotatable bonds is 3. The van der Waals surface area contributed by atoms with Crippen LogP contribution in [0.3, 0.4) is 0 Å². The fraction of sp³-hybridized carbons (Fsp3) is 0.208. The maximum absolute atomic E-state index is 14.4. The van der Waals surface area contributed by atoms with Crippen LogP contribution in [0.25, 0.3) is 27.6 Å². The molecule has 0 spiro atoms. The number of nitrogens with zero attached hydrogens (tertiary/aromatic N) is 5. The van der Waals surface area contributed by atoms with Gasteiger partial charge in [-0.3, -0.25) is 4.90 Å². The molecule has 0 fully saturated rings. The lowest BCUT2D eigenvalue weighted by molar-refractivity contribution is 0.326. The van der Waals surface area contributed by atoms with Gasteiger partial charge in [0.25, 0.3) is 0 Å². The first-order valence-corrected chi connectivity index (χ1v) is 11.1. The van der Waals surface area contributed by atoms with E-state index in [1.54, 1.807) is 0 Å². The van der Waals surface area contributed by atoms with Gasteiger partial charge in [-0.15, -0.1) is 11.3 Å². The van der Waals surface area contributed by atoms with E-state index >= 15 is 0 Å². The highest BCUT2D eigenvalue weighted by molar-refractivity contribution is 7.16. The van der Waals surface area contributed by atoms with Crippen LogP contribution in [0.2, 0.25) is 0 Å². The second-order valence-electron chi connectivity index (χ2n) is 7.72. The lowest BCUT2D eigenvalue weighted by Gasteiger charge is -2.07. The van der Waals surface area contributed by atoms with Crippen LogP contribution in [-0.4, -0.2) is 51.9 Å². The molecule has 1 aliphatic heterocycles. The summed E-state index contributed by atoms with van der Waals surface area (Å²) in [7, 11) is 3.92. The van der Waals surface area contributed by atoms with E-state index < -0.39 is 11.6 Å². The Morgan fingerprint density at radius 2 is 2.06 bits per heavy atom. The van der Waals surface area contributed by atoms with Crippen molar-refractivity contribution in [2.45, 2.75) is 6.42 Å². The van der Waals surface area contributed by atoms with Gasteiger partial charge in [-0.25, -0.2) is 23.4 Å². The molecule has 0 amide bonds. The lowest BCUT2D eigenvalue weighted by Crippen LogP contribution is -2.10. The minimum Gasteiger partial charge on any atom is -0.491 e. The zero-order valence-electron chi connectivity index (χ0n) is 18.0. The van der Waals surface area contributed by atoms with Crippen molar-refractivity contribution in [3.63, 3.8) is 0 Å². The van der Waals surface area contributed by atoms with E-state index in [0.717, 1.165) is 27.1 Å². The maximum Gasteiger partial charge on any atom is 0.173 e. The molecular formula is C24H19F2N5OS. The number of benzene rings is 1. The van der Waals surface area contributed by atoms with E-state index in [-0.39, 0.29) is 5.69 Å². The van der Waals surface area contributed by atoms with Crippen LogP contribution in [0.4, 0.5) is 8.78 Å². The number of halogens is 2. The summed E-state index contributed by atoms with van der Waals surface area (Å²) in [5.74, 6) is 6.02. The first kappa shape index (κ1) is 21.2. The normalized spacial score (nSPS) is 12.4. The summed E-state index contributed by atoms with van der Waals surface area (Å²) in [4.78, 5) is 13.0. The highest BCUT2D eigenvalue weighted by Gasteiger charge is 2.23. The van der Waals surface area contributed by atoms with Crippen LogP contribution in [0.15, 0.2) is 42.7 Å². The van der Waals surface area contributed by atoms with Gasteiger partial charge in [0.2, 0.25) is 0 Å². The Morgan fingerprint density at radius 1 is 1.18 bits per heavy atom. The average molecular weight is 464 g/mol. The number of hydrogen-bond acceptors (Lipinski definition) is 6. The summed E-state index contributed by atoms with van der Waals surface area (Å²) >= 11 is 1.53. The topological polar surface area (TPSA) is 56.1 Å². The van der Waals surface area contributed by atoms with Crippen LogP contribution in [0.5, 0.6) is 5.75 Å². The SMILES string of the molecule is CN(C)CC#Cc1ccc2c(n1)-c1cc(-c3ncnn3-c3ccc(F)cc3F)sc1CCO2. The smallest absolute Gasteiger partial charge is 0.173 e. The van der Waals surface area contributed by atoms with E-state index in [0.29, 0.717) is 36.8 Å². The second kappa shape index (κ2) is 8.73. The van der Waals surface area contributed by atoms with Crippen molar-refractivity contribution < 1.29 is 13.5 Å². The Bertz CT molecular complexity index is 1400. The number of thiophene rings is 1. The Labute approximate surface area is 193 Å². The predicted molar refractivity (Wildman–Crippen MR) is 122 cm³/mol. The first-order valence-electron chi connectivity index (χ1n) is 10.3. The Hall–Kier alpha value is -3.61. The molecule has 0 saturated heterocycles. The minimum atomic E-state index is -0.707. The van der Waals surface area contributed by atoms with Gasteiger partial charge in [0, 0.05) is 22.9 Å². The van der Waals surface area contributed by atoms with Gasteiger partial charge in [-0.1, -0.05) is 5.92 Å². The average Bonchev–Trinajstić information content (AvgIpc) is 3.38. The van der Waals surface area contributed by atoms with Crippen molar-refractivity contribution in [3.05, 3.63) is 64.9 Å². The van der Waals surface area contributed by atoms with E-state index in [9.17, 15) is 8.78 Å². The molecular weight excluding hydrogens is 444 g/mol. The number of fused-ring (bicyclic) bond motifs is 3. The summed E-state index contributed by atoms with van der Waals surface area (Å²) in [6, 6.07) is 9.10. The molecule has 0 aliphatic carbocycles. The summed E-state index contributed by atoms with van der Waals surface area (Å²) in [6.45, 7) is 1.16. The van der Waals surface area contributed by atoms with Gasteiger partial charge in [-0.05, 0) is 50.3 Å². The highest BCUT2D eigenvalue weighted by atomic mass is 32.1. The third-order valence-electron chi connectivity index (χ3n) is 5.03. The molecule has 6 nitrogen and oxygen atoms in total. The molecule has 1 aromatic carbocycles. The fourth-order valence-electron chi connectivity index (χ4n) is 3.53. The Kier molecular flexibility index (Phi) is 5.62. The van der Waals surface area contributed by atoms with Gasteiger partial charge in [0.1, 0.15) is 35.0 Å². The number of ether oxygens (including phenoxy) is 1. The van der Waals surface area contributed by atoms with E-state index in [2.05, 4.69) is 21.9 Å². The molecule has 4 aromatic rings. The summed E-state index contributed by atoms with van der Waals surface area (Å²) in [5, 5.41) is 4.17. The molecule has 9 heteroatoms. The van der Waals surface area contributed by atoms with Gasteiger partial charge < -0.3 is 4.74 Å². The summed E-state index contributed by atoms with van der Waals surface area (Å²) in [5.41, 5.74) is 2.46. The molecule has 0 N–H and O–H groups in total. The van der Waals surface area contributed by atoms with Crippen LogP contribution in [-0.2, 0) is 6.42 Å². The molecule has 0 saturated carbocycles. The largest absolute Gasteiger partial charge is 0.491 e. The number of hydrogen-bond donors (Lipinski definition) is 0. The van der Waals surface area contributed by atoms with Crippen LogP contribution in [0, 0.1) is 23.5 Å². The minimum absolute atomic E-state index is 0.132. The van der Waals surface area contributed by atoms with Crippen LogP contribution < -0.4 is 4.74 Å². The number of pyridine rings is 1. The third kappa shape index (κ3) is 4.23. The van der Waals surface area contributed by atoms with Crippen molar-refractivity contribution in [3.8, 4) is 45.2 Å². The van der Waals surface area contributed by atoms with E-state index in [1.807, 2.05) is 37.2 Å². The Balaban J connectivity index is 1.57. The van der Waals surface area contributed by atoms with Crippen molar-refractivity contribution in [2.24, 2.45) is 0 Å². The monoisotopic (exact) mass is 463 g/mol. The second-order valence-corrected chi connectivity index (χ2v) is 8.86. The molecule has 0 bridgehead atoms. The van der Waals surface area contributed by atoms with Gasteiger partial charge >= 0.3 is 0 Å². The lowest BCUT2D eigenvalue weighted by atomic mass is 10.1. The molecule has 5 rings (SSSR count). The quantitative estimate of drug-likeness (QED) is 0.427. The number of aromatic nitrogens is 4. The zero-order valence-corrected chi connectivity index (χ0v) is 18.8. The molecule has 4 heterocycles. The van der Waals surface area contributed by atoms with E-state index in [1.165, 1.54) is 34.5 Å². The molecule has 0 atom stereocenters. The van der Waals surface area contributed by atoms with Gasteiger partial charge in [0.15, 0.2) is 11.6 Å². The predicted octanol–water partition coefficient (Wildman–Crippen LogP) is 4.18. The standard InChI is InChI=1S/C24H19F2N5OS/c1-30(2)10-3-4-16-6-8-20-23(29-16)17-13-22(33-21(17)9-11-32-20)24-27-14-28-31(24)19-7-5-15(25)12-18(19)26/h5-8,12-14H,9-11H2,1-2H3. The van der Waals surface area contributed by atoms with E-state index in [4.69, 9.17) is 9.72 Å². The van der Waals surface area contributed by atoms with Crippen molar-refractivity contribution in [2.75, 3.05) is 27.2 Å². The molecule has 3 aromatic heterocycles. The van der Waals surface area contributed by atoms with Crippen molar-refractivity contribution in [1.29, 1.82) is 0 Å². The molecule has 33 heavy (non-hydrogen) atoms. The molecule has 0 radical (unpaired) electrons. The molecule has 0 unspecified atom stereocenters. The van der Waals surface area contributed by atoms with Gasteiger partial charge in [-0.2, -0.15) is 5.10 Å². The van der Waals surface area contributed by atoms with Crippen molar-refractivity contribution >= 4 is 11.3 Å². The fourth-order valence-corrected chi connectivity index (χ4v) is 4.65.